The molecular formula is C26H38O8. The van der Waals surface area contributed by atoms with E-state index in [9.17, 15) is 5.11 Å². The summed E-state index contributed by atoms with van der Waals surface area (Å²) in [4.78, 5) is 0. The van der Waals surface area contributed by atoms with E-state index in [1.165, 1.54) is 0 Å². The van der Waals surface area contributed by atoms with Crippen LogP contribution in [-0.4, -0.2) is 74.8 Å². The van der Waals surface area contributed by atoms with Gasteiger partial charge in [0.1, 0.15) is 18.5 Å². The molecule has 34 heavy (non-hydrogen) atoms. The van der Waals surface area contributed by atoms with Crippen molar-refractivity contribution in [2.75, 3.05) is 26.4 Å². The van der Waals surface area contributed by atoms with E-state index in [1.807, 2.05) is 30.3 Å². The number of ether oxygens (including phenoxy) is 7. The van der Waals surface area contributed by atoms with Crippen molar-refractivity contribution in [3.05, 3.63) is 30.3 Å². The van der Waals surface area contributed by atoms with E-state index in [0.717, 1.165) is 57.5 Å². The van der Waals surface area contributed by atoms with Gasteiger partial charge in [-0.2, -0.15) is 0 Å². The van der Waals surface area contributed by atoms with Crippen LogP contribution >= 0.6 is 0 Å². The van der Waals surface area contributed by atoms with Crippen LogP contribution in [0.2, 0.25) is 0 Å². The average Bonchev–Trinajstić information content (AvgIpc) is 3.38. The predicted octanol–water partition coefficient (Wildman–Crippen LogP) is 3.40. The minimum atomic E-state index is -0.739. The molecule has 0 spiro atoms. The molecule has 3 aliphatic heterocycles. The molecule has 1 aromatic rings. The Balaban J connectivity index is 1.21. The van der Waals surface area contributed by atoms with Gasteiger partial charge >= 0.3 is 0 Å². The maximum absolute atomic E-state index is 10.1. The summed E-state index contributed by atoms with van der Waals surface area (Å²) in [5, 5.41) is 10.1. The highest BCUT2D eigenvalue weighted by Crippen LogP contribution is 2.42. The number of fused-ring (bicyclic) bond motifs is 1. The molecule has 1 N–H and O–H groups in total. The summed E-state index contributed by atoms with van der Waals surface area (Å²) in [5.74, 6) is 0.884. The quantitative estimate of drug-likeness (QED) is 0.548. The molecule has 8 heteroatoms. The number of rotatable bonds is 10. The van der Waals surface area contributed by atoms with Crippen LogP contribution in [0.3, 0.4) is 0 Å². The Labute approximate surface area is 201 Å². The third kappa shape index (κ3) is 6.49. The Hall–Kier alpha value is -1.26. The minimum Gasteiger partial charge on any atom is -0.491 e. The molecule has 4 fully saturated rings. The highest BCUT2D eigenvalue weighted by Gasteiger charge is 2.51. The number of para-hydroxylation sites is 1. The van der Waals surface area contributed by atoms with Gasteiger partial charge in [0, 0.05) is 32.0 Å². The van der Waals surface area contributed by atoms with Crippen LogP contribution in [0.25, 0.3) is 0 Å². The van der Waals surface area contributed by atoms with Crippen molar-refractivity contribution in [3.63, 3.8) is 0 Å². The van der Waals surface area contributed by atoms with Gasteiger partial charge < -0.3 is 38.3 Å². The number of aliphatic hydroxyl groups excluding tert-OH is 1. The van der Waals surface area contributed by atoms with Crippen LogP contribution in [0.1, 0.15) is 51.4 Å². The molecule has 4 aliphatic rings. The number of aliphatic hydroxyl groups is 1. The van der Waals surface area contributed by atoms with Gasteiger partial charge in [0.15, 0.2) is 18.9 Å². The largest absolute Gasteiger partial charge is 0.491 e. The van der Waals surface area contributed by atoms with E-state index in [-0.39, 0.29) is 42.9 Å². The molecule has 0 aromatic heterocycles. The van der Waals surface area contributed by atoms with E-state index in [2.05, 4.69) is 0 Å². The number of benzene rings is 1. The second-order valence-corrected chi connectivity index (χ2v) is 9.71. The van der Waals surface area contributed by atoms with Gasteiger partial charge in [0.05, 0.1) is 24.9 Å². The van der Waals surface area contributed by atoms with Crippen LogP contribution in [0, 0.1) is 5.92 Å². The Morgan fingerprint density at radius 2 is 1.68 bits per heavy atom. The summed E-state index contributed by atoms with van der Waals surface area (Å²) in [6.45, 7) is 2.17. The normalized spacial score (nSPS) is 36.8. The number of hydrogen-bond donors (Lipinski definition) is 1. The Morgan fingerprint density at radius 1 is 0.912 bits per heavy atom. The molecule has 1 saturated carbocycles. The van der Waals surface area contributed by atoms with Gasteiger partial charge in [0.25, 0.3) is 0 Å². The van der Waals surface area contributed by atoms with Gasteiger partial charge in [-0.15, -0.1) is 0 Å². The van der Waals surface area contributed by atoms with Crippen molar-refractivity contribution < 1.29 is 38.3 Å². The van der Waals surface area contributed by atoms with Gasteiger partial charge in [-0.1, -0.05) is 18.2 Å². The van der Waals surface area contributed by atoms with Crippen molar-refractivity contribution in [1.82, 2.24) is 0 Å². The van der Waals surface area contributed by atoms with Crippen LogP contribution in [0.4, 0.5) is 0 Å². The Kier molecular flexibility index (Phi) is 8.71. The molecule has 1 aromatic carbocycles. The first kappa shape index (κ1) is 24.4. The summed E-state index contributed by atoms with van der Waals surface area (Å²) in [6.07, 6.45) is 5.53. The first-order chi connectivity index (χ1) is 16.7. The lowest BCUT2D eigenvalue weighted by Crippen LogP contribution is -2.40. The van der Waals surface area contributed by atoms with Crippen LogP contribution in [0.5, 0.6) is 5.75 Å². The third-order valence-corrected chi connectivity index (χ3v) is 7.14. The first-order valence-electron chi connectivity index (χ1n) is 12.9. The smallest absolute Gasteiger partial charge is 0.158 e. The fourth-order valence-electron chi connectivity index (χ4n) is 5.42. The van der Waals surface area contributed by atoms with E-state index in [0.29, 0.717) is 26.1 Å². The summed E-state index contributed by atoms with van der Waals surface area (Å²) in [5.41, 5.74) is 0. The van der Waals surface area contributed by atoms with Crippen LogP contribution < -0.4 is 4.74 Å². The summed E-state index contributed by atoms with van der Waals surface area (Å²) in [6, 6.07) is 9.73. The van der Waals surface area contributed by atoms with Crippen molar-refractivity contribution >= 4 is 0 Å². The topological polar surface area (TPSA) is 84.8 Å². The first-order valence-corrected chi connectivity index (χ1v) is 12.9. The van der Waals surface area contributed by atoms with E-state index >= 15 is 0 Å². The Morgan fingerprint density at radius 3 is 2.41 bits per heavy atom. The van der Waals surface area contributed by atoms with Gasteiger partial charge in [0.2, 0.25) is 0 Å². The molecule has 1 aliphatic carbocycles. The van der Waals surface area contributed by atoms with Crippen molar-refractivity contribution in [2.24, 2.45) is 5.92 Å². The van der Waals surface area contributed by atoms with Crippen molar-refractivity contribution in [3.8, 4) is 5.75 Å². The molecule has 0 radical (unpaired) electrons. The van der Waals surface area contributed by atoms with E-state index in [4.69, 9.17) is 33.2 Å². The molecule has 0 amide bonds. The molecular weight excluding hydrogens is 440 g/mol. The zero-order valence-electron chi connectivity index (χ0n) is 19.8. The van der Waals surface area contributed by atoms with Crippen LogP contribution in [0.15, 0.2) is 30.3 Å². The average molecular weight is 479 g/mol. The highest BCUT2D eigenvalue weighted by atomic mass is 16.7. The molecule has 8 atom stereocenters. The molecule has 190 valence electrons. The fourth-order valence-corrected chi connectivity index (χ4v) is 5.42. The molecule has 8 nitrogen and oxygen atoms in total. The summed E-state index contributed by atoms with van der Waals surface area (Å²) < 4.78 is 42.5. The maximum Gasteiger partial charge on any atom is 0.158 e. The lowest BCUT2D eigenvalue weighted by Gasteiger charge is -2.32. The monoisotopic (exact) mass is 478 g/mol. The molecule has 3 unspecified atom stereocenters. The van der Waals surface area contributed by atoms with Crippen molar-refractivity contribution in [2.45, 2.75) is 94.7 Å². The lowest BCUT2D eigenvalue weighted by atomic mass is 10.0. The molecule has 3 heterocycles. The summed E-state index contributed by atoms with van der Waals surface area (Å²) >= 11 is 0. The second-order valence-electron chi connectivity index (χ2n) is 9.71. The van der Waals surface area contributed by atoms with Gasteiger partial charge in [-0.05, 0) is 50.7 Å². The standard InChI is InChI=1S/C26H38O8/c27-23-14-20-21(33-23)15-22(34-25-11-5-7-13-29-25)26(20)31-17-19(32-24-10-4-6-12-28-24)16-30-18-8-2-1-3-9-18/h1-3,8-9,19-27H,4-7,10-17H2/t19?,20-,21-,22+,23-,24?,25?,26+/m1/s1. The van der Waals surface area contributed by atoms with Gasteiger partial charge in [-0.25, -0.2) is 0 Å². The van der Waals surface area contributed by atoms with Gasteiger partial charge in [-0.3, -0.25) is 0 Å². The number of hydrogen-bond acceptors (Lipinski definition) is 8. The van der Waals surface area contributed by atoms with Crippen LogP contribution in [-0.2, 0) is 28.4 Å². The third-order valence-electron chi connectivity index (χ3n) is 7.14. The zero-order valence-corrected chi connectivity index (χ0v) is 19.8. The SMILES string of the molecule is O[C@H]1C[C@H]2[C@H](OCC(COc3ccccc3)OC3CCCCO3)[C@@H](OC3CCCCO3)C[C@H]2O1. The van der Waals surface area contributed by atoms with Crippen molar-refractivity contribution in [1.29, 1.82) is 0 Å². The molecule has 3 saturated heterocycles. The second kappa shape index (κ2) is 12.1. The van der Waals surface area contributed by atoms with E-state index in [1.54, 1.807) is 0 Å². The van der Waals surface area contributed by atoms with E-state index < -0.39 is 6.29 Å². The maximum atomic E-state index is 10.1. The fraction of sp³-hybridized carbons (Fsp3) is 0.769. The minimum absolute atomic E-state index is 0.0600. The Bertz CT molecular complexity index is 721. The lowest BCUT2D eigenvalue weighted by molar-refractivity contribution is -0.227. The summed E-state index contributed by atoms with van der Waals surface area (Å²) in [7, 11) is 0. The zero-order chi connectivity index (χ0) is 23.2. The highest BCUT2D eigenvalue weighted by molar-refractivity contribution is 5.20. The molecule has 5 rings (SSSR count). The predicted molar refractivity (Wildman–Crippen MR) is 122 cm³/mol. The molecule has 0 bridgehead atoms.